The lowest BCUT2D eigenvalue weighted by atomic mass is 9.76. The molecule has 5 atom stereocenters. The molecule has 2 saturated carbocycles. The molecule has 2 aromatic rings. The highest BCUT2D eigenvalue weighted by Gasteiger charge is 2.57. The number of sulfone groups is 1. The zero-order valence-electron chi connectivity index (χ0n) is 20.2. The van der Waals surface area contributed by atoms with Crippen LogP contribution in [-0.2, 0) is 24.1 Å². The highest BCUT2D eigenvalue weighted by Crippen LogP contribution is 2.54. The summed E-state index contributed by atoms with van der Waals surface area (Å²) < 4.78 is 95.6. The average molecular weight is 596 g/mol. The van der Waals surface area contributed by atoms with E-state index in [-0.39, 0.29) is 39.9 Å². The molecule has 3 unspecified atom stereocenters. The number of aliphatic hydroxyl groups is 1. The van der Waals surface area contributed by atoms with E-state index in [1.165, 1.54) is 12.1 Å². The molecule has 2 fully saturated rings. The molecule has 1 amide bonds. The van der Waals surface area contributed by atoms with Crippen LogP contribution in [0.3, 0.4) is 0 Å². The molecule has 2 aliphatic rings. The Balaban J connectivity index is 1.61. The van der Waals surface area contributed by atoms with E-state index in [4.69, 9.17) is 15.8 Å². The topological polar surface area (TPSA) is 127 Å². The number of carbonyl (C=O) groups is 1. The van der Waals surface area contributed by atoms with Gasteiger partial charge in [-0.3, -0.25) is 8.98 Å². The van der Waals surface area contributed by atoms with Crippen molar-refractivity contribution < 1.29 is 44.1 Å². The molecule has 4 rings (SSSR count). The van der Waals surface area contributed by atoms with Gasteiger partial charge in [0.05, 0.1) is 33.6 Å². The van der Waals surface area contributed by atoms with Gasteiger partial charge in [0.2, 0.25) is 0 Å². The number of hydrogen-bond acceptors (Lipinski definition) is 7. The lowest BCUT2D eigenvalue weighted by Gasteiger charge is -2.41. The quantitative estimate of drug-likeness (QED) is 0.367. The summed E-state index contributed by atoms with van der Waals surface area (Å²) in [7, 11) is -7.97. The Morgan fingerprint density at radius 3 is 2.34 bits per heavy atom. The van der Waals surface area contributed by atoms with Crippen molar-refractivity contribution >= 4 is 43.2 Å². The van der Waals surface area contributed by atoms with Gasteiger partial charge in [0.1, 0.15) is 0 Å². The van der Waals surface area contributed by atoms with Gasteiger partial charge in [-0.15, -0.1) is 0 Å². The second-order valence-electron chi connectivity index (χ2n) is 10.1. The summed E-state index contributed by atoms with van der Waals surface area (Å²) >= 11 is 6.24. The zero-order chi connectivity index (χ0) is 28.2. The number of halogens is 4. The Labute approximate surface area is 223 Å². The van der Waals surface area contributed by atoms with Crippen molar-refractivity contribution in [1.29, 1.82) is 0 Å². The minimum Gasteiger partial charge on any atom is -0.387 e. The van der Waals surface area contributed by atoms with Gasteiger partial charge in [-0.2, -0.15) is 8.42 Å². The van der Waals surface area contributed by atoms with Gasteiger partial charge in [-0.05, 0) is 55.2 Å². The van der Waals surface area contributed by atoms with Crippen LogP contribution in [0.4, 0.5) is 18.9 Å². The summed E-state index contributed by atoms with van der Waals surface area (Å²) in [6, 6.07) is 4.66. The second-order valence-corrected chi connectivity index (χ2v) is 14.2. The molecule has 2 aromatic carbocycles. The van der Waals surface area contributed by atoms with Crippen LogP contribution >= 0.6 is 11.6 Å². The van der Waals surface area contributed by atoms with Gasteiger partial charge in [0.25, 0.3) is 16.0 Å². The van der Waals surface area contributed by atoms with Crippen LogP contribution in [0.25, 0.3) is 0 Å². The van der Waals surface area contributed by atoms with E-state index in [9.17, 15) is 39.9 Å². The molecular weight excluding hydrogens is 571 g/mol. The van der Waals surface area contributed by atoms with E-state index in [0.29, 0.717) is 18.6 Å². The molecule has 0 aromatic heterocycles. The maximum Gasteiger partial charge on any atom is 0.264 e. The molecule has 0 aliphatic heterocycles. The number of carbonyl (C=O) groups excluding carboxylic acids is 1. The largest absolute Gasteiger partial charge is 0.387 e. The lowest BCUT2D eigenvalue weighted by molar-refractivity contribution is -0.0525. The number of fused-ring (bicyclic) bond motifs is 2. The Hall–Kier alpha value is -2.19. The smallest absolute Gasteiger partial charge is 0.264 e. The number of nitrogens with one attached hydrogen (secondary N) is 1. The molecule has 38 heavy (non-hydrogen) atoms. The van der Waals surface area contributed by atoms with Gasteiger partial charge in [0, 0.05) is 23.4 Å². The molecule has 2 aliphatic carbocycles. The molecule has 0 heterocycles. The number of hydrogen-bond donors (Lipinski definition) is 2. The zero-order valence-corrected chi connectivity index (χ0v) is 22.6. The fraction of sp³-hybridized carbons (Fsp3) is 0.458. The predicted octanol–water partition coefficient (Wildman–Crippen LogP) is 3.93. The van der Waals surface area contributed by atoms with Crippen LogP contribution in [0, 0.1) is 35.2 Å². The fourth-order valence-corrected chi connectivity index (χ4v) is 8.98. The van der Waals surface area contributed by atoms with Crippen LogP contribution in [0.2, 0.25) is 5.02 Å². The molecular formula is C24H25ClF3NO7S2. The van der Waals surface area contributed by atoms with Crippen molar-refractivity contribution in [3.05, 3.63) is 58.4 Å². The third-order valence-electron chi connectivity index (χ3n) is 7.19. The predicted molar refractivity (Wildman–Crippen MR) is 132 cm³/mol. The van der Waals surface area contributed by atoms with E-state index in [1.54, 1.807) is 0 Å². The van der Waals surface area contributed by atoms with Gasteiger partial charge in [-0.25, -0.2) is 21.6 Å². The molecule has 2 bridgehead atoms. The van der Waals surface area contributed by atoms with Crippen molar-refractivity contribution in [2.75, 3.05) is 18.2 Å². The van der Waals surface area contributed by atoms with Crippen molar-refractivity contribution in [1.82, 2.24) is 0 Å². The third kappa shape index (κ3) is 5.71. The van der Waals surface area contributed by atoms with Crippen molar-refractivity contribution in [3.8, 4) is 0 Å². The maximum absolute atomic E-state index is 13.8. The number of rotatable bonds is 7. The standard InChI is InChI=1S/C24H25ClF3NO7S2/c1-12-5-14-9-24(31,11-36-37(2,32)33)10-16(12)22(14)38(34,35)20-6-13(3-4-17(20)25)23(30)29-15-7-18(26)21(28)19(27)8-15/h3-4,6-8,12,14,16,22,31H,5,9-11H2,1-2H3,(H,29,30)/t12-,14?,16?,22?,24+/m0/s1. The fourth-order valence-electron chi connectivity index (χ4n) is 5.65. The number of amides is 1. The minimum absolute atomic E-state index is 0.00719. The van der Waals surface area contributed by atoms with Gasteiger partial charge in [0.15, 0.2) is 27.3 Å². The van der Waals surface area contributed by atoms with Crippen LogP contribution in [0.5, 0.6) is 0 Å². The monoisotopic (exact) mass is 595 g/mol. The van der Waals surface area contributed by atoms with E-state index in [2.05, 4.69) is 5.32 Å². The Bertz CT molecular complexity index is 1480. The highest BCUT2D eigenvalue weighted by atomic mass is 35.5. The highest BCUT2D eigenvalue weighted by molar-refractivity contribution is 7.92. The second kappa shape index (κ2) is 10.1. The normalized spacial score (nSPS) is 27.3. The molecule has 14 heteroatoms. The molecule has 2 N–H and O–H groups in total. The summed E-state index contributed by atoms with van der Waals surface area (Å²) in [5.74, 6) is -6.80. The lowest BCUT2D eigenvalue weighted by Crippen LogP contribution is -2.49. The Morgan fingerprint density at radius 1 is 1.13 bits per heavy atom. The molecule has 0 radical (unpaired) electrons. The maximum atomic E-state index is 13.8. The first-order valence-corrected chi connectivity index (χ1v) is 15.3. The number of benzene rings is 2. The van der Waals surface area contributed by atoms with Crippen LogP contribution in [0.15, 0.2) is 35.2 Å². The first-order valence-electron chi connectivity index (χ1n) is 11.6. The van der Waals surface area contributed by atoms with Gasteiger partial charge < -0.3 is 10.4 Å². The molecule has 0 saturated heterocycles. The molecule has 0 spiro atoms. The van der Waals surface area contributed by atoms with Crippen LogP contribution in [-0.4, -0.2) is 51.6 Å². The molecule has 8 nitrogen and oxygen atoms in total. The summed E-state index contributed by atoms with van der Waals surface area (Å²) in [6.07, 6.45) is 1.31. The number of anilines is 1. The van der Waals surface area contributed by atoms with Crippen LogP contribution < -0.4 is 5.32 Å². The average Bonchev–Trinajstić information content (AvgIpc) is 3.03. The van der Waals surface area contributed by atoms with E-state index in [1.807, 2.05) is 6.92 Å². The third-order valence-corrected chi connectivity index (χ3v) is 10.6. The summed E-state index contributed by atoms with van der Waals surface area (Å²) in [5, 5.41) is 12.1. The van der Waals surface area contributed by atoms with Crippen LogP contribution in [0.1, 0.15) is 36.5 Å². The Morgan fingerprint density at radius 2 is 1.76 bits per heavy atom. The Kier molecular flexibility index (Phi) is 7.65. The van der Waals surface area contributed by atoms with E-state index in [0.717, 1.165) is 12.3 Å². The minimum atomic E-state index is -4.15. The van der Waals surface area contributed by atoms with E-state index >= 15 is 0 Å². The summed E-state index contributed by atoms with van der Waals surface area (Å²) in [4.78, 5) is 12.4. The van der Waals surface area contributed by atoms with Gasteiger partial charge >= 0.3 is 0 Å². The SMILES string of the molecule is C[C@H]1CC2C[C@](O)(COS(C)(=O)=O)CC1C2S(=O)(=O)c1cc(C(=O)Nc2cc(F)c(F)c(F)c2)ccc1Cl. The van der Waals surface area contributed by atoms with Crippen molar-refractivity contribution in [2.24, 2.45) is 17.8 Å². The first kappa shape index (κ1) is 28.8. The van der Waals surface area contributed by atoms with Gasteiger partial charge in [-0.1, -0.05) is 18.5 Å². The summed E-state index contributed by atoms with van der Waals surface area (Å²) in [5.41, 5.74) is -2.08. The van der Waals surface area contributed by atoms with E-state index < -0.39 is 72.6 Å². The van der Waals surface area contributed by atoms with Crippen molar-refractivity contribution in [3.63, 3.8) is 0 Å². The molecule has 208 valence electrons. The van der Waals surface area contributed by atoms with Crippen molar-refractivity contribution in [2.45, 2.75) is 41.9 Å². The summed E-state index contributed by atoms with van der Waals surface area (Å²) in [6.45, 7) is 1.36. The first-order chi connectivity index (χ1) is 17.5.